The lowest BCUT2D eigenvalue weighted by Gasteiger charge is -2.33. The van der Waals surface area contributed by atoms with Crippen LogP contribution >= 0.6 is 0 Å². The van der Waals surface area contributed by atoms with Gasteiger partial charge in [0.25, 0.3) is 0 Å². The fourth-order valence-electron chi connectivity index (χ4n) is 4.29. The average molecular weight is 494 g/mol. The molecule has 1 amide bonds. The molecule has 0 bridgehead atoms. The molecule has 35 heavy (non-hydrogen) atoms. The predicted molar refractivity (Wildman–Crippen MR) is 137 cm³/mol. The molecule has 0 aliphatic carbocycles. The standard InChI is InChI=1S/C26H31N5O3S/c32-25(21-24(22-9-3-1-4-10-22)23-11-5-2-6-12-23)27-15-8-20-35(33,34)31-18-16-30(17-19-31)26-28-13-7-14-29-26/h1-7,9-14,24H,8,15-21H2,(H,27,32). The summed E-state index contributed by atoms with van der Waals surface area (Å²) in [6.07, 6.45) is 4.05. The van der Waals surface area contributed by atoms with Gasteiger partial charge >= 0.3 is 0 Å². The summed E-state index contributed by atoms with van der Waals surface area (Å²) < 4.78 is 27.1. The van der Waals surface area contributed by atoms with Crippen molar-refractivity contribution in [3.05, 3.63) is 90.3 Å². The van der Waals surface area contributed by atoms with E-state index in [0.717, 1.165) is 11.1 Å². The zero-order chi connectivity index (χ0) is 24.5. The number of hydrogen-bond acceptors (Lipinski definition) is 6. The molecule has 1 saturated heterocycles. The first-order chi connectivity index (χ1) is 17.0. The highest BCUT2D eigenvalue weighted by Gasteiger charge is 2.27. The number of piperazine rings is 1. The van der Waals surface area contributed by atoms with E-state index < -0.39 is 10.0 Å². The first kappa shape index (κ1) is 24.8. The van der Waals surface area contributed by atoms with Crippen molar-refractivity contribution in [1.82, 2.24) is 19.6 Å². The van der Waals surface area contributed by atoms with E-state index >= 15 is 0 Å². The van der Waals surface area contributed by atoms with Crippen LogP contribution in [0.3, 0.4) is 0 Å². The molecule has 0 saturated carbocycles. The number of carbonyl (C=O) groups is 1. The fraction of sp³-hybridized carbons (Fsp3) is 0.346. The number of sulfonamides is 1. The number of aromatic nitrogens is 2. The van der Waals surface area contributed by atoms with Gasteiger partial charge in [-0.25, -0.2) is 18.4 Å². The Morgan fingerprint density at radius 2 is 1.43 bits per heavy atom. The predicted octanol–water partition coefficient (Wildman–Crippen LogP) is 2.66. The van der Waals surface area contributed by atoms with E-state index in [-0.39, 0.29) is 17.6 Å². The number of nitrogens with zero attached hydrogens (tertiary/aromatic N) is 4. The van der Waals surface area contributed by atoms with E-state index in [2.05, 4.69) is 15.3 Å². The Bertz CT molecular complexity index is 1130. The van der Waals surface area contributed by atoms with Gasteiger partial charge in [0.1, 0.15) is 0 Å². The number of amides is 1. The summed E-state index contributed by atoms with van der Waals surface area (Å²) >= 11 is 0. The lowest BCUT2D eigenvalue weighted by molar-refractivity contribution is -0.121. The Morgan fingerprint density at radius 3 is 2.00 bits per heavy atom. The average Bonchev–Trinajstić information content (AvgIpc) is 2.91. The van der Waals surface area contributed by atoms with E-state index in [4.69, 9.17) is 0 Å². The van der Waals surface area contributed by atoms with Gasteiger partial charge in [0.15, 0.2) is 0 Å². The van der Waals surface area contributed by atoms with Crippen LogP contribution in [0.25, 0.3) is 0 Å². The quantitative estimate of drug-likeness (QED) is 0.437. The molecule has 4 rings (SSSR count). The van der Waals surface area contributed by atoms with Crippen LogP contribution in [0.15, 0.2) is 79.1 Å². The molecule has 3 aromatic rings. The van der Waals surface area contributed by atoms with E-state index in [1.54, 1.807) is 18.5 Å². The molecule has 2 heterocycles. The summed E-state index contributed by atoms with van der Waals surface area (Å²) in [5.74, 6) is 0.495. The molecule has 1 aliphatic heterocycles. The SMILES string of the molecule is O=C(CC(c1ccccc1)c1ccccc1)NCCCS(=O)(=O)N1CCN(c2ncccn2)CC1. The van der Waals surface area contributed by atoms with Gasteiger partial charge in [0.05, 0.1) is 5.75 Å². The molecule has 0 spiro atoms. The van der Waals surface area contributed by atoms with Gasteiger partial charge in [-0.1, -0.05) is 60.7 Å². The summed E-state index contributed by atoms with van der Waals surface area (Å²) in [4.78, 5) is 23.2. The Balaban J connectivity index is 1.24. The van der Waals surface area contributed by atoms with Crippen molar-refractivity contribution in [2.75, 3.05) is 43.4 Å². The van der Waals surface area contributed by atoms with E-state index in [1.807, 2.05) is 65.6 Å². The molecule has 1 aromatic heterocycles. The highest BCUT2D eigenvalue weighted by atomic mass is 32.2. The largest absolute Gasteiger partial charge is 0.356 e. The number of nitrogens with one attached hydrogen (secondary N) is 1. The minimum absolute atomic E-state index is 0.00984. The second kappa shape index (κ2) is 11.9. The molecule has 0 atom stereocenters. The topological polar surface area (TPSA) is 95.5 Å². The summed E-state index contributed by atoms with van der Waals surface area (Å²) in [6.45, 7) is 2.25. The third-order valence-electron chi connectivity index (χ3n) is 6.16. The van der Waals surface area contributed by atoms with Gasteiger partial charge in [0, 0.05) is 57.5 Å². The smallest absolute Gasteiger partial charge is 0.225 e. The van der Waals surface area contributed by atoms with Crippen molar-refractivity contribution in [2.24, 2.45) is 0 Å². The summed E-state index contributed by atoms with van der Waals surface area (Å²) in [7, 11) is -3.38. The fourth-order valence-corrected chi connectivity index (χ4v) is 5.78. The Morgan fingerprint density at radius 1 is 0.857 bits per heavy atom. The number of anilines is 1. The monoisotopic (exact) mass is 493 g/mol. The first-order valence-corrected chi connectivity index (χ1v) is 13.5. The summed E-state index contributed by atoms with van der Waals surface area (Å²) in [5.41, 5.74) is 2.16. The Hall–Kier alpha value is -3.30. The molecule has 184 valence electrons. The van der Waals surface area contributed by atoms with Gasteiger partial charge in [-0.2, -0.15) is 4.31 Å². The van der Waals surface area contributed by atoms with Crippen LogP contribution < -0.4 is 10.2 Å². The van der Waals surface area contributed by atoms with Crippen LogP contribution in [0.4, 0.5) is 5.95 Å². The number of carbonyl (C=O) groups excluding carboxylic acids is 1. The molecular formula is C26H31N5O3S. The minimum atomic E-state index is -3.38. The normalized spacial score (nSPS) is 14.7. The second-order valence-electron chi connectivity index (χ2n) is 8.53. The van der Waals surface area contributed by atoms with Crippen LogP contribution in [0.5, 0.6) is 0 Å². The molecule has 2 aromatic carbocycles. The maximum Gasteiger partial charge on any atom is 0.225 e. The number of benzene rings is 2. The molecule has 1 aliphatic rings. The van der Waals surface area contributed by atoms with Crippen molar-refractivity contribution < 1.29 is 13.2 Å². The highest BCUT2D eigenvalue weighted by Crippen LogP contribution is 2.27. The van der Waals surface area contributed by atoms with Gasteiger partial charge in [-0.3, -0.25) is 4.79 Å². The van der Waals surface area contributed by atoms with Gasteiger partial charge in [0.2, 0.25) is 21.9 Å². The number of rotatable bonds is 10. The van der Waals surface area contributed by atoms with Crippen LogP contribution in [0, 0.1) is 0 Å². The Kier molecular flexibility index (Phi) is 8.44. The second-order valence-corrected chi connectivity index (χ2v) is 10.6. The summed E-state index contributed by atoms with van der Waals surface area (Å²) in [6, 6.07) is 21.7. The van der Waals surface area contributed by atoms with E-state index in [9.17, 15) is 13.2 Å². The molecule has 1 fully saturated rings. The lowest BCUT2D eigenvalue weighted by atomic mass is 9.88. The highest BCUT2D eigenvalue weighted by molar-refractivity contribution is 7.89. The summed E-state index contributed by atoms with van der Waals surface area (Å²) in [5, 5.41) is 2.91. The molecule has 1 N–H and O–H groups in total. The van der Waals surface area contributed by atoms with E-state index in [0.29, 0.717) is 51.5 Å². The molecular weight excluding hydrogens is 462 g/mol. The molecule has 9 heteroatoms. The van der Waals surface area contributed by atoms with Crippen LogP contribution in [0.2, 0.25) is 0 Å². The molecule has 8 nitrogen and oxygen atoms in total. The van der Waals surface area contributed by atoms with Crippen LogP contribution in [-0.4, -0.2) is 67.1 Å². The number of hydrogen-bond donors (Lipinski definition) is 1. The van der Waals surface area contributed by atoms with E-state index in [1.165, 1.54) is 4.31 Å². The van der Waals surface area contributed by atoms with Crippen molar-refractivity contribution >= 4 is 21.9 Å². The van der Waals surface area contributed by atoms with Crippen molar-refractivity contribution in [2.45, 2.75) is 18.8 Å². The third-order valence-corrected chi connectivity index (χ3v) is 8.12. The van der Waals surface area contributed by atoms with Gasteiger partial charge in [-0.05, 0) is 23.6 Å². The Labute approximate surface area is 207 Å². The van der Waals surface area contributed by atoms with Gasteiger partial charge < -0.3 is 10.2 Å². The minimum Gasteiger partial charge on any atom is -0.356 e. The maximum absolute atomic E-state index is 12.8. The first-order valence-electron chi connectivity index (χ1n) is 11.9. The molecule has 0 radical (unpaired) electrons. The lowest BCUT2D eigenvalue weighted by Crippen LogP contribution is -2.49. The zero-order valence-corrected chi connectivity index (χ0v) is 20.5. The zero-order valence-electron chi connectivity index (χ0n) is 19.7. The maximum atomic E-state index is 12.8. The van der Waals surface area contributed by atoms with Gasteiger partial charge in [-0.15, -0.1) is 0 Å². The van der Waals surface area contributed by atoms with Crippen LogP contribution in [-0.2, 0) is 14.8 Å². The molecule has 0 unspecified atom stereocenters. The van der Waals surface area contributed by atoms with Crippen molar-refractivity contribution in [3.8, 4) is 0 Å². The van der Waals surface area contributed by atoms with Crippen molar-refractivity contribution in [3.63, 3.8) is 0 Å². The van der Waals surface area contributed by atoms with Crippen molar-refractivity contribution in [1.29, 1.82) is 0 Å². The third kappa shape index (κ3) is 6.86. The van der Waals surface area contributed by atoms with Crippen LogP contribution in [0.1, 0.15) is 29.9 Å².